The van der Waals surface area contributed by atoms with Gasteiger partial charge in [0.25, 0.3) is 11.8 Å². The van der Waals surface area contributed by atoms with Crippen LogP contribution in [0.2, 0.25) is 0 Å². The molecule has 0 atom stereocenters. The van der Waals surface area contributed by atoms with E-state index in [2.05, 4.69) is 10.6 Å². The van der Waals surface area contributed by atoms with Crippen LogP contribution in [0.15, 0.2) is 41.8 Å². The Morgan fingerprint density at radius 3 is 2.26 bits per heavy atom. The molecule has 0 bridgehead atoms. The van der Waals surface area contributed by atoms with E-state index in [0.717, 1.165) is 25.7 Å². The van der Waals surface area contributed by atoms with Gasteiger partial charge in [0.15, 0.2) is 0 Å². The number of ether oxygens (including phenoxy) is 2. The summed E-state index contributed by atoms with van der Waals surface area (Å²) in [7, 11) is 0. The quantitative estimate of drug-likeness (QED) is 0.457. The molecular weight excluding hydrogens is 416 g/mol. The first-order chi connectivity index (χ1) is 15.1. The molecule has 1 aliphatic carbocycles. The molecule has 0 saturated heterocycles. The third kappa shape index (κ3) is 6.82. The molecule has 1 aliphatic rings. The Morgan fingerprint density at radius 2 is 1.65 bits per heavy atom. The zero-order valence-corrected chi connectivity index (χ0v) is 18.4. The van der Waals surface area contributed by atoms with Crippen molar-refractivity contribution in [3.8, 4) is 5.75 Å². The van der Waals surface area contributed by atoms with E-state index in [-0.39, 0.29) is 29.8 Å². The van der Waals surface area contributed by atoms with Gasteiger partial charge in [-0.05, 0) is 68.3 Å². The highest BCUT2D eigenvalue weighted by molar-refractivity contribution is 7.12. The summed E-state index contributed by atoms with van der Waals surface area (Å²) >= 11 is 1.38. The van der Waals surface area contributed by atoms with Gasteiger partial charge >= 0.3 is 5.97 Å². The van der Waals surface area contributed by atoms with E-state index in [1.165, 1.54) is 11.3 Å². The number of carbonyl (C=O) groups excluding carboxylic acids is 3. The molecule has 0 aliphatic heterocycles. The summed E-state index contributed by atoms with van der Waals surface area (Å²) in [6, 6.07) is 10.6. The number of amides is 2. The first kappa shape index (κ1) is 22.8. The summed E-state index contributed by atoms with van der Waals surface area (Å²) in [5, 5.41) is 7.41. The molecular formula is C23H28N2O5S. The molecule has 1 aromatic heterocycles. The number of carbonyl (C=O) groups is 3. The van der Waals surface area contributed by atoms with Crippen LogP contribution in [0.4, 0.5) is 0 Å². The van der Waals surface area contributed by atoms with Gasteiger partial charge in [0.05, 0.1) is 23.5 Å². The lowest BCUT2D eigenvalue weighted by atomic mass is 9.87. The molecule has 0 spiro atoms. The number of hydrogen-bond acceptors (Lipinski definition) is 6. The van der Waals surface area contributed by atoms with E-state index in [0.29, 0.717) is 35.9 Å². The Kier molecular flexibility index (Phi) is 8.46. The van der Waals surface area contributed by atoms with Crippen molar-refractivity contribution in [2.75, 3.05) is 19.7 Å². The van der Waals surface area contributed by atoms with E-state index in [4.69, 9.17) is 9.47 Å². The van der Waals surface area contributed by atoms with Crippen LogP contribution in [0.25, 0.3) is 0 Å². The van der Waals surface area contributed by atoms with Crippen LogP contribution < -0.4 is 15.4 Å². The fourth-order valence-corrected chi connectivity index (χ4v) is 4.14. The predicted molar refractivity (Wildman–Crippen MR) is 118 cm³/mol. The standard InChI is InChI=1S/C23H28N2O5S/c1-2-29-23(28)17-7-11-19(12-8-17)30-18-9-5-16(6-10-18)21(26)24-13-14-25-22(27)20-4-3-15-31-20/h3-6,9-10,15,17,19H,2,7-8,11-14H2,1H3,(H,24,26)(H,25,27)/t17-,19+. The van der Waals surface area contributed by atoms with Gasteiger partial charge in [0, 0.05) is 18.7 Å². The van der Waals surface area contributed by atoms with Crippen molar-refractivity contribution in [2.45, 2.75) is 38.7 Å². The zero-order chi connectivity index (χ0) is 22.1. The fourth-order valence-electron chi connectivity index (χ4n) is 3.50. The number of thiophene rings is 1. The van der Waals surface area contributed by atoms with E-state index >= 15 is 0 Å². The highest BCUT2D eigenvalue weighted by Crippen LogP contribution is 2.28. The van der Waals surface area contributed by atoms with E-state index in [1.807, 2.05) is 18.4 Å². The van der Waals surface area contributed by atoms with Gasteiger partial charge in [0.1, 0.15) is 5.75 Å². The largest absolute Gasteiger partial charge is 0.490 e. The van der Waals surface area contributed by atoms with Crippen molar-refractivity contribution in [3.05, 3.63) is 52.2 Å². The van der Waals surface area contributed by atoms with Crippen molar-refractivity contribution in [3.63, 3.8) is 0 Å². The second kappa shape index (κ2) is 11.5. The zero-order valence-electron chi connectivity index (χ0n) is 17.6. The van der Waals surface area contributed by atoms with Gasteiger partial charge in [0.2, 0.25) is 0 Å². The molecule has 1 heterocycles. The molecule has 2 amide bonds. The monoisotopic (exact) mass is 444 g/mol. The van der Waals surface area contributed by atoms with Crippen LogP contribution in [-0.2, 0) is 9.53 Å². The fraction of sp³-hybridized carbons (Fsp3) is 0.435. The molecule has 1 saturated carbocycles. The molecule has 2 N–H and O–H groups in total. The maximum absolute atomic E-state index is 12.3. The molecule has 7 nitrogen and oxygen atoms in total. The number of hydrogen-bond donors (Lipinski definition) is 2. The molecule has 0 unspecified atom stereocenters. The van der Waals surface area contributed by atoms with Crippen molar-refractivity contribution in [1.29, 1.82) is 0 Å². The van der Waals surface area contributed by atoms with Crippen molar-refractivity contribution in [1.82, 2.24) is 10.6 Å². The van der Waals surface area contributed by atoms with E-state index in [9.17, 15) is 14.4 Å². The number of nitrogens with one attached hydrogen (secondary N) is 2. The summed E-state index contributed by atoms with van der Waals surface area (Å²) < 4.78 is 11.1. The first-order valence-electron chi connectivity index (χ1n) is 10.6. The van der Waals surface area contributed by atoms with Crippen molar-refractivity contribution in [2.24, 2.45) is 5.92 Å². The smallest absolute Gasteiger partial charge is 0.308 e. The van der Waals surface area contributed by atoms with E-state index in [1.54, 1.807) is 30.3 Å². The third-order valence-corrected chi connectivity index (χ3v) is 6.02. The minimum atomic E-state index is -0.202. The third-order valence-electron chi connectivity index (χ3n) is 5.15. The Labute approximate surface area is 186 Å². The second-order valence-corrected chi connectivity index (χ2v) is 8.30. The molecule has 31 heavy (non-hydrogen) atoms. The van der Waals surface area contributed by atoms with Crippen LogP contribution in [-0.4, -0.2) is 43.6 Å². The summed E-state index contributed by atoms with van der Waals surface area (Å²) in [6.07, 6.45) is 3.23. The summed E-state index contributed by atoms with van der Waals surface area (Å²) in [5.41, 5.74) is 0.531. The lowest BCUT2D eigenvalue weighted by Crippen LogP contribution is -2.34. The van der Waals surface area contributed by atoms with Gasteiger partial charge in [-0.2, -0.15) is 0 Å². The molecule has 1 aromatic carbocycles. The summed E-state index contributed by atoms with van der Waals surface area (Å²) in [5.74, 6) is 0.233. The van der Waals surface area contributed by atoms with Crippen LogP contribution in [0.3, 0.4) is 0 Å². The normalized spacial score (nSPS) is 18.1. The Hall–Kier alpha value is -2.87. The molecule has 3 rings (SSSR count). The maximum Gasteiger partial charge on any atom is 0.308 e. The molecule has 1 fully saturated rings. The topological polar surface area (TPSA) is 93.7 Å². The lowest BCUT2D eigenvalue weighted by Gasteiger charge is -2.27. The van der Waals surface area contributed by atoms with Crippen LogP contribution >= 0.6 is 11.3 Å². The van der Waals surface area contributed by atoms with Crippen LogP contribution in [0.5, 0.6) is 5.75 Å². The second-order valence-electron chi connectivity index (χ2n) is 7.36. The van der Waals surface area contributed by atoms with Gasteiger partial charge in [-0.3, -0.25) is 14.4 Å². The Bertz CT molecular complexity index is 859. The van der Waals surface area contributed by atoms with Crippen molar-refractivity contribution >= 4 is 29.1 Å². The summed E-state index contributed by atoms with van der Waals surface area (Å²) in [6.45, 7) is 2.94. The SMILES string of the molecule is CCOC(=O)[C@H]1CC[C@@H](Oc2ccc(C(=O)NCCNC(=O)c3cccs3)cc2)CC1. The average Bonchev–Trinajstić information content (AvgIpc) is 3.33. The average molecular weight is 445 g/mol. The van der Waals surface area contributed by atoms with Gasteiger partial charge in [-0.1, -0.05) is 6.07 Å². The molecule has 0 radical (unpaired) electrons. The van der Waals surface area contributed by atoms with Crippen LogP contribution in [0.1, 0.15) is 52.6 Å². The lowest BCUT2D eigenvalue weighted by molar-refractivity contribution is -0.149. The van der Waals surface area contributed by atoms with Gasteiger partial charge < -0.3 is 20.1 Å². The Morgan fingerprint density at radius 1 is 0.968 bits per heavy atom. The first-order valence-corrected chi connectivity index (χ1v) is 11.5. The Balaban J connectivity index is 1.37. The molecule has 2 aromatic rings. The predicted octanol–water partition coefficient (Wildman–Crippen LogP) is 3.41. The van der Waals surface area contributed by atoms with E-state index < -0.39 is 0 Å². The number of esters is 1. The molecule has 166 valence electrons. The van der Waals surface area contributed by atoms with Crippen LogP contribution in [0, 0.1) is 5.92 Å². The highest BCUT2D eigenvalue weighted by atomic mass is 32.1. The molecule has 8 heteroatoms. The summed E-state index contributed by atoms with van der Waals surface area (Å²) in [4.78, 5) is 36.6. The van der Waals surface area contributed by atoms with Crippen molar-refractivity contribution < 1.29 is 23.9 Å². The minimum absolute atomic E-state index is 0.0269. The number of rotatable bonds is 9. The minimum Gasteiger partial charge on any atom is -0.490 e. The van der Waals surface area contributed by atoms with Gasteiger partial charge in [-0.15, -0.1) is 11.3 Å². The maximum atomic E-state index is 12.3. The van der Waals surface area contributed by atoms with Gasteiger partial charge in [-0.25, -0.2) is 0 Å². The number of benzene rings is 1. The highest BCUT2D eigenvalue weighted by Gasteiger charge is 2.28.